The van der Waals surface area contributed by atoms with Crippen LogP contribution >= 0.6 is 0 Å². The minimum absolute atomic E-state index is 0.0105. The summed E-state index contributed by atoms with van der Waals surface area (Å²) in [5.41, 5.74) is 6.01. The Labute approximate surface area is 176 Å². The van der Waals surface area contributed by atoms with Gasteiger partial charge in [-0.25, -0.2) is 5.43 Å². The van der Waals surface area contributed by atoms with E-state index in [4.69, 9.17) is 4.74 Å². The maximum Gasteiger partial charge on any atom is 0.311 e. The first-order valence-corrected chi connectivity index (χ1v) is 10.2. The summed E-state index contributed by atoms with van der Waals surface area (Å²) >= 11 is 0. The number of ether oxygens (including phenoxy) is 1. The summed E-state index contributed by atoms with van der Waals surface area (Å²) < 4.78 is 5.10. The molecule has 0 aromatic heterocycles. The van der Waals surface area contributed by atoms with Gasteiger partial charge in [0.15, 0.2) is 0 Å². The highest BCUT2D eigenvalue weighted by atomic mass is 16.5. The summed E-state index contributed by atoms with van der Waals surface area (Å²) in [6.45, 7) is 0. The Kier molecular flexibility index (Phi) is 5.65. The van der Waals surface area contributed by atoms with E-state index < -0.39 is 11.7 Å². The molecule has 1 spiro atoms. The van der Waals surface area contributed by atoms with Crippen molar-refractivity contribution in [2.45, 2.75) is 37.6 Å². The Morgan fingerprint density at radius 1 is 1.10 bits per heavy atom. The molecule has 1 amide bonds. The average molecular weight is 403 g/mol. The van der Waals surface area contributed by atoms with Gasteiger partial charge in [0.1, 0.15) is 5.75 Å². The molecule has 0 saturated heterocycles. The highest BCUT2D eigenvalue weighted by Crippen LogP contribution is 2.39. The number of fused-ring (bicyclic) bond motifs is 1. The Hall–Kier alpha value is -3.41. The molecule has 154 valence electrons. The van der Waals surface area contributed by atoms with Crippen molar-refractivity contribution in [2.24, 2.45) is 5.10 Å². The van der Waals surface area contributed by atoms with Crippen LogP contribution in [-0.2, 0) is 16.0 Å². The Bertz CT molecular complexity index is 1000. The number of amides is 1. The first-order chi connectivity index (χ1) is 14.6. The number of methoxy groups -OCH3 is 1. The monoisotopic (exact) mass is 403 g/mol. The lowest BCUT2D eigenvalue weighted by molar-refractivity contribution is -0.135. The fraction of sp³-hybridized carbons (Fsp3) is 0.292. The normalized spacial score (nSPS) is 18.2. The van der Waals surface area contributed by atoms with Gasteiger partial charge in [-0.1, -0.05) is 37.1 Å². The van der Waals surface area contributed by atoms with Crippen LogP contribution in [0.2, 0.25) is 0 Å². The van der Waals surface area contributed by atoms with Crippen molar-refractivity contribution in [1.29, 1.82) is 0 Å². The van der Waals surface area contributed by atoms with E-state index in [0.717, 1.165) is 41.8 Å². The Morgan fingerprint density at radius 3 is 2.57 bits per heavy atom. The van der Waals surface area contributed by atoms with Crippen LogP contribution in [0.5, 0.6) is 5.75 Å². The number of nitrogens with one attached hydrogen (secondary N) is 2. The number of ketones is 1. The van der Waals surface area contributed by atoms with Crippen LogP contribution in [0, 0.1) is 0 Å². The zero-order valence-electron chi connectivity index (χ0n) is 17.0. The van der Waals surface area contributed by atoms with Crippen molar-refractivity contribution in [3.8, 4) is 5.75 Å². The molecule has 1 fully saturated rings. The summed E-state index contributed by atoms with van der Waals surface area (Å²) in [7, 11) is 1.59. The van der Waals surface area contributed by atoms with Crippen molar-refractivity contribution in [2.75, 3.05) is 7.11 Å². The first-order valence-electron chi connectivity index (χ1n) is 10.2. The number of benzene rings is 2. The van der Waals surface area contributed by atoms with Crippen molar-refractivity contribution in [1.82, 2.24) is 10.7 Å². The molecule has 1 heterocycles. The predicted octanol–water partition coefficient (Wildman–Crippen LogP) is 3.21. The molecule has 0 unspecified atom stereocenters. The number of carbonyl (C=O) groups excluding carboxylic acids is 2. The first kappa shape index (κ1) is 19.9. The van der Waals surface area contributed by atoms with E-state index in [0.29, 0.717) is 0 Å². The predicted molar refractivity (Wildman–Crippen MR) is 116 cm³/mol. The van der Waals surface area contributed by atoms with E-state index in [9.17, 15) is 9.59 Å². The minimum Gasteiger partial charge on any atom is -0.497 e. The molecule has 2 N–H and O–H groups in total. The highest BCUT2D eigenvalue weighted by Gasteiger charge is 2.38. The van der Waals surface area contributed by atoms with Gasteiger partial charge < -0.3 is 10.1 Å². The standard InChI is InChI=1S/C24H25N3O3/c1-30-19-10-8-17(9-11-19)16-25-27-23(29)22(28)14-21-20-7-3-2-6-18(20)15-24(26-21)12-4-5-13-24/h2-3,6-11,14,16,26H,4-5,12-13,15H2,1H3,(H,27,29)/b21-14-,25-16?. The summed E-state index contributed by atoms with van der Waals surface area (Å²) in [5, 5.41) is 7.46. The SMILES string of the molecule is COc1ccc(C=NNC(=O)C(=O)/C=C2\NC3(CCCC3)Cc3ccccc32)cc1. The molecular formula is C24H25N3O3. The number of nitrogens with zero attached hydrogens (tertiary/aromatic N) is 1. The van der Waals surface area contributed by atoms with Crippen LogP contribution in [0.1, 0.15) is 42.4 Å². The minimum atomic E-state index is -0.766. The second-order valence-corrected chi connectivity index (χ2v) is 7.84. The molecule has 2 aromatic rings. The summed E-state index contributed by atoms with van der Waals surface area (Å²) in [4.78, 5) is 24.8. The average Bonchev–Trinajstić information content (AvgIpc) is 3.21. The molecule has 2 aromatic carbocycles. The molecule has 1 saturated carbocycles. The molecule has 30 heavy (non-hydrogen) atoms. The molecule has 4 rings (SSSR count). The molecule has 1 aliphatic heterocycles. The molecule has 6 heteroatoms. The van der Waals surface area contributed by atoms with Gasteiger partial charge in [-0.05, 0) is 54.7 Å². The third-order valence-electron chi connectivity index (χ3n) is 5.79. The third kappa shape index (κ3) is 4.27. The molecule has 6 nitrogen and oxygen atoms in total. The zero-order valence-corrected chi connectivity index (χ0v) is 17.0. The van der Waals surface area contributed by atoms with Crippen LogP contribution in [0.25, 0.3) is 5.70 Å². The lowest BCUT2D eigenvalue weighted by atomic mass is 9.82. The number of hydrogen-bond donors (Lipinski definition) is 2. The fourth-order valence-corrected chi connectivity index (χ4v) is 4.27. The second-order valence-electron chi connectivity index (χ2n) is 7.84. The van der Waals surface area contributed by atoms with E-state index in [1.807, 2.05) is 30.3 Å². The molecule has 0 radical (unpaired) electrons. The fourth-order valence-electron chi connectivity index (χ4n) is 4.27. The molecule has 0 bridgehead atoms. The largest absolute Gasteiger partial charge is 0.497 e. The number of hydrogen-bond acceptors (Lipinski definition) is 5. The van der Waals surface area contributed by atoms with E-state index in [1.54, 1.807) is 19.2 Å². The van der Waals surface area contributed by atoms with Crippen LogP contribution in [0.3, 0.4) is 0 Å². The number of hydrazone groups is 1. The van der Waals surface area contributed by atoms with Gasteiger partial charge in [0.05, 0.1) is 13.3 Å². The summed E-state index contributed by atoms with van der Waals surface area (Å²) in [5.74, 6) is -0.662. The number of carbonyl (C=O) groups is 2. The Morgan fingerprint density at radius 2 is 1.83 bits per heavy atom. The maximum absolute atomic E-state index is 12.5. The van der Waals surface area contributed by atoms with Crippen LogP contribution < -0.4 is 15.5 Å². The zero-order chi connectivity index (χ0) is 21.0. The van der Waals surface area contributed by atoms with Crippen molar-refractivity contribution in [3.05, 3.63) is 71.3 Å². The molecule has 2 aliphatic rings. The topological polar surface area (TPSA) is 79.8 Å². The van der Waals surface area contributed by atoms with Gasteiger partial charge in [0.2, 0.25) is 5.78 Å². The van der Waals surface area contributed by atoms with Crippen molar-refractivity contribution >= 4 is 23.6 Å². The van der Waals surface area contributed by atoms with E-state index >= 15 is 0 Å². The smallest absolute Gasteiger partial charge is 0.311 e. The lowest BCUT2D eigenvalue weighted by Gasteiger charge is -2.38. The highest BCUT2D eigenvalue weighted by molar-refractivity contribution is 6.41. The van der Waals surface area contributed by atoms with Crippen LogP contribution in [0.4, 0.5) is 0 Å². The third-order valence-corrected chi connectivity index (χ3v) is 5.79. The molecule has 0 atom stereocenters. The molecular weight excluding hydrogens is 378 g/mol. The Balaban J connectivity index is 1.47. The van der Waals surface area contributed by atoms with Crippen LogP contribution in [0.15, 0.2) is 59.7 Å². The van der Waals surface area contributed by atoms with E-state index in [-0.39, 0.29) is 5.54 Å². The lowest BCUT2D eigenvalue weighted by Crippen LogP contribution is -2.47. The van der Waals surface area contributed by atoms with Crippen molar-refractivity contribution < 1.29 is 14.3 Å². The number of rotatable bonds is 5. The second kappa shape index (κ2) is 8.53. The van der Waals surface area contributed by atoms with Gasteiger partial charge in [0, 0.05) is 22.9 Å². The van der Waals surface area contributed by atoms with E-state index in [2.05, 4.69) is 21.9 Å². The van der Waals surface area contributed by atoms with Gasteiger partial charge in [-0.3, -0.25) is 9.59 Å². The molecule has 1 aliphatic carbocycles. The maximum atomic E-state index is 12.5. The van der Waals surface area contributed by atoms with Gasteiger partial charge in [-0.2, -0.15) is 5.10 Å². The quantitative estimate of drug-likeness (QED) is 0.348. The summed E-state index contributed by atoms with van der Waals surface area (Å²) in [6, 6.07) is 15.3. The summed E-state index contributed by atoms with van der Waals surface area (Å²) in [6.07, 6.45) is 8.34. The van der Waals surface area contributed by atoms with E-state index in [1.165, 1.54) is 30.7 Å². The van der Waals surface area contributed by atoms with Crippen LogP contribution in [-0.4, -0.2) is 30.6 Å². The van der Waals surface area contributed by atoms with Gasteiger partial charge in [-0.15, -0.1) is 0 Å². The van der Waals surface area contributed by atoms with Gasteiger partial charge in [0.25, 0.3) is 0 Å². The van der Waals surface area contributed by atoms with Crippen molar-refractivity contribution in [3.63, 3.8) is 0 Å². The van der Waals surface area contributed by atoms with Gasteiger partial charge >= 0.3 is 5.91 Å².